The first-order valence-corrected chi connectivity index (χ1v) is 7.52. The summed E-state index contributed by atoms with van der Waals surface area (Å²) in [7, 11) is 0. The lowest BCUT2D eigenvalue weighted by Crippen LogP contribution is -2.01. The third-order valence-corrected chi connectivity index (χ3v) is 3.86. The average Bonchev–Trinajstić information content (AvgIpc) is 3.28. The molecule has 0 amide bonds. The van der Waals surface area contributed by atoms with Gasteiger partial charge in [-0.05, 0) is 31.0 Å². The summed E-state index contributed by atoms with van der Waals surface area (Å²) in [5.74, 6) is -0.365. The van der Waals surface area contributed by atoms with Crippen LogP contribution in [0.1, 0.15) is 12.8 Å². The van der Waals surface area contributed by atoms with Gasteiger partial charge in [0, 0.05) is 11.6 Å². The monoisotopic (exact) mass is 329 g/mol. The Labute approximate surface area is 135 Å². The van der Waals surface area contributed by atoms with E-state index in [0.717, 1.165) is 11.3 Å². The number of halogens is 1. The first kappa shape index (κ1) is 14.0. The molecule has 7 nitrogen and oxygen atoms in total. The van der Waals surface area contributed by atoms with Crippen molar-refractivity contribution in [1.29, 1.82) is 0 Å². The van der Waals surface area contributed by atoms with Gasteiger partial charge in [-0.3, -0.25) is 9.51 Å². The van der Waals surface area contributed by atoms with Gasteiger partial charge in [0.1, 0.15) is 12.0 Å². The lowest BCUT2D eigenvalue weighted by molar-refractivity contribution is 0.387. The Bertz CT molecular complexity index is 916. The van der Waals surface area contributed by atoms with Gasteiger partial charge >= 0.3 is 5.76 Å². The SMILES string of the molecule is O=c1[nH]c(-c2cc(-c3ccc(NC4CC4)c(Cl)c3)ncn2)no1. The Kier molecular flexibility index (Phi) is 3.34. The molecule has 116 valence electrons. The molecule has 1 aliphatic rings. The summed E-state index contributed by atoms with van der Waals surface area (Å²) >= 11 is 6.33. The lowest BCUT2D eigenvalue weighted by Gasteiger charge is -2.09. The molecule has 4 rings (SSSR count). The zero-order chi connectivity index (χ0) is 15.8. The highest BCUT2D eigenvalue weighted by Crippen LogP contribution is 2.32. The number of benzene rings is 1. The van der Waals surface area contributed by atoms with Crippen LogP contribution in [0.15, 0.2) is 39.9 Å². The van der Waals surface area contributed by atoms with Crippen molar-refractivity contribution in [3.63, 3.8) is 0 Å². The van der Waals surface area contributed by atoms with Crippen LogP contribution in [-0.4, -0.2) is 26.2 Å². The summed E-state index contributed by atoms with van der Waals surface area (Å²) in [5.41, 5.74) is 2.93. The minimum atomic E-state index is -0.626. The van der Waals surface area contributed by atoms with E-state index in [1.165, 1.54) is 19.2 Å². The fourth-order valence-electron chi connectivity index (χ4n) is 2.22. The molecule has 2 heterocycles. The topological polar surface area (TPSA) is 96.7 Å². The minimum absolute atomic E-state index is 0.261. The maximum atomic E-state index is 11.0. The van der Waals surface area contributed by atoms with Gasteiger partial charge < -0.3 is 5.32 Å². The van der Waals surface area contributed by atoms with Crippen molar-refractivity contribution < 1.29 is 4.52 Å². The summed E-state index contributed by atoms with van der Waals surface area (Å²) < 4.78 is 4.49. The number of H-pyrrole nitrogens is 1. The largest absolute Gasteiger partial charge is 0.439 e. The van der Waals surface area contributed by atoms with E-state index in [0.29, 0.717) is 22.5 Å². The molecule has 1 saturated carbocycles. The Balaban J connectivity index is 1.67. The maximum Gasteiger partial charge on any atom is 0.439 e. The molecule has 0 aliphatic heterocycles. The minimum Gasteiger partial charge on any atom is -0.381 e. The van der Waals surface area contributed by atoms with E-state index in [-0.39, 0.29) is 5.82 Å². The van der Waals surface area contributed by atoms with E-state index in [2.05, 4.69) is 29.9 Å². The third-order valence-electron chi connectivity index (χ3n) is 3.55. The molecule has 2 aromatic heterocycles. The zero-order valence-electron chi connectivity index (χ0n) is 11.9. The van der Waals surface area contributed by atoms with Crippen LogP contribution in [0.2, 0.25) is 5.02 Å². The molecule has 23 heavy (non-hydrogen) atoms. The van der Waals surface area contributed by atoms with E-state index in [1.54, 1.807) is 6.07 Å². The number of aromatic nitrogens is 4. The van der Waals surface area contributed by atoms with Gasteiger partial charge in [-0.25, -0.2) is 14.8 Å². The molecule has 3 aromatic rings. The van der Waals surface area contributed by atoms with Crippen LogP contribution in [0.3, 0.4) is 0 Å². The summed E-state index contributed by atoms with van der Waals surface area (Å²) in [6.45, 7) is 0. The average molecular weight is 330 g/mol. The molecule has 2 N–H and O–H groups in total. The normalized spacial score (nSPS) is 14.0. The second kappa shape index (κ2) is 5.51. The zero-order valence-corrected chi connectivity index (χ0v) is 12.7. The third kappa shape index (κ3) is 2.95. The van der Waals surface area contributed by atoms with Gasteiger partial charge in [-0.2, -0.15) is 0 Å². The van der Waals surface area contributed by atoms with Crippen LogP contribution < -0.4 is 11.1 Å². The molecular weight excluding hydrogens is 318 g/mol. The van der Waals surface area contributed by atoms with E-state index in [9.17, 15) is 4.79 Å². The summed E-state index contributed by atoms with van der Waals surface area (Å²) in [4.78, 5) is 21.8. The fraction of sp³-hybridized carbons (Fsp3) is 0.200. The molecule has 0 atom stereocenters. The van der Waals surface area contributed by atoms with Crippen LogP contribution in [0.4, 0.5) is 5.69 Å². The number of nitrogens with one attached hydrogen (secondary N) is 2. The van der Waals surface area contributed by atoms with Gasteiger partial charge in [0.2, 0.25) is 5.82 Å². The molecular formula is C15H12ClN5O2. The van der Waals surface area contributed by atoms with Gasteiger partial charge in [0.25, 0.3) is 0 Å². The molecule has 8 heteroatoms. The molecule has 1 aromatic carbocycles. The van der Waals surface area contributed by atoms with Crippen molar-refractivity contribution in [3.8, 4) is 22.8 Å². The Hall–Kier alpha value is -2.67. The number of hydrogen-bond donors (Lipinski definition) is 2. The van der Waals surface area contributed by atoms with Gasteiger partial charge in [-0.1, -0.05) is 22.8 Å². The summed E-state index contributed by atoms with van der Waals surface area (Å²) in [6.07, 6.45) is 3.77. The van der Waals surface area contributed by atoms with Crippen LogP contribution in [-0.2, 0) is 0 Å². The van der Waals surface area contributed by atoms with Crippen LogP contribution >= 0.6 is 11.6 Å². The number of hydrogen-bond acceptors (Lipinski definition) is 6. The molecule has 0 saturated heterocycles. The summed E-state index contributed by atoms with van der Waals surface area (Å²) in [5, 5.41) is 7.64. The van der Waals surface area contributed by atoms with Crippen molar-refractivity contribution in [2.75, 3.05) is 5.32 Å². The number of nitrogens with zero attached hydrogens (tertiary/aromatic N) is 3. The van der Waals surface area contributed by atoms with Gasteiger partial charge in [0.05, 0.1) is 16.4 Å². The molecule has 1 aliphatic carbocycles. The van der Waals surface area contributed by atoms with Crippen molar-refractivity contribution in [2.45, 2.75) is 18.9 Å². The fourth-order valence-corrected chi connectivity index (χ4v) is 2.46. The molecule has 0 bridgehead atoms. The van der Waals surface area contributed by atoms with Crippen molar-refractivity contribution >= 4 is 17.3 Å². The standard InChI is InChI=1S/C15H12ClN5O2/c16-10-5-8(1-4-11(10)19-9-2-3-9)12-6-13(18-7-17-12)14-20-15(22)23-21-14/h1,4-7,9,19H,2-3H2,(H,20,21,22). The van der Waals surface area contributed by atoms with Crippen LogP contribution in [0.5, 0.6) is 0 Å². The lowest BCUT2D eigenvalue weighted by atomic mass is 10.1. The van der Waals surface area contributed by atoms with Crippen molar-refractivity contribution in [1.82, 2.24) is 20.1 Å². The molecule has 1 fully saturated rings. The van der Waals surface area contributed by atoms with Gasteiger partial charge in [0.15, 0.2) is 0 Å². The molecule has 0 spiro atoms. The molecule has 0 radical (unpaired) electrons. The Morgan fingerprint density at radius 3 is 2.74 bits per heavy atom. The van der Waals surface area contributed by atoms with Crippen LogP contribution in [0.25, 0.3) is 22.8 Å². The first-order valence-electron chi connectivity index (χ1n) is 7.14. The highest BCUT2D eigenvalue weighted by Gasteiger charge is 2.21. The van der Waals surface area contributed by atoms with E-state index >= 15 is 0 Å². The first-order chi connectivity index (χ1) is 11.2. The van der Waals surface area contributed by atoms with Crippen molar-refractivity contribution in [2.24, 2.45) is 0 Å². The smallest absolute Gasteiger partial charge is 0.381 e. The second-order valence-corrected chi connectivity index (χ2v) is 5.75. The van der Waals surface area contributed by atoms with E-state index in [4.69, 9.17) is 11.6 Å². The number of anilines is 1. The quantitative estimate of drug-likeness (QED) is 0.764. The van der Waals surface area contributed by atoms with Crippen molar-refractivity contribution in [3.05, 3.63) is 46.2 Å². The predicted molar refractivity (Wildman–Crippen MR) is 85.2 cm³/mol. The highest BCUT2D eigenvalue weighted by atomic mass is 35.5. The van der Waals surface area contributed by atoms with E-state index in [1.807, 2.05) is 18.2 Å². The van der Waals surface area contributed by atoms with E-state index < -0.39 is 5.76 Å². The highest BCUT2D eigenvalue weighted by molar-refractivity contribution is 6.33. The molecule has 0 unspecified atom stereocenters. The number of aromatic amines is 1. The Morgan fingerprint density at radius 1 is 1.22 bits per heavy atom. The summed E-state index contributed by atoms with van der Waals surface area (Å²) in [6, 6.07) is 7.98. The number of rotatable bonds is 4. The predicted octanol–water partition coefficient (Wildman–Crippen LogP) is 2.71. The maximum absolute atomic E-state index is 11.0. The van der Waals surface area contributed by atoms with Gasteiger partial charge in [-0.15, -0.1) is 0 Å². The second-order valence-electron chi connectivity index (χ2n) is 5.35. The van der Waals surface area contributed by atoms with Crippen LogP contribution in [0, 0.1) is 0 Å². The Morgan fingerprint density at radius 2 is 2.04 bits per heavy atom.